The lowest BCUT2D eigenvalue weighted by molar-refractivity contribution is 0.637. The number of benzene rings is 11. The van der Waals surface area contributed by atoms with Gasteiger partial charge in [-0.25, -0.2) is 0 Å². The highest BCUT2D eigenvalue weighted by Gasteiger charge is 2.50. The van der Waals surface area contributed by atoms with Crippen LogP contribution in [0.15, 0.2) is 197 Å². The summed E-state index contributed by atoms with van der Waals surface area (Å²) in [4.78, 5) is 5.07. The van der Waals surface area contributed by atoms with Gasteiger partial charge in [0.1, 0.15) is 22.5 Å². The molecule has 0 spiro atoms. The van der Waals surface area contributed by atoms with E-state index in [2.05, 4.69) is 212 Å². The molecule has 5 heteroatoms. The van der Waals surface area contributed by atoms with Crippen molar-refractivity contribution < 1.29 is 8.83 Å². The summed E-state index contributed by atoms with van der Waals surface area (Å²) in [5, 5.41) is 17.1. The van der Waals surface area contributed by atoms with Gasteiger partial charge < -0.3 is 18.6 Å². The summed E-state index contributed by atoms with van der Waals surface area (Å²) in [6, 6.07) is 69.7. The smallest absolute Gasteiger partial charge is 0.342 e. The number of hydrogen-bond acceptors (Lipinski definition) is 4. The van der Waals surface area contributed by atoms with Gasteiger partial charge in [-0.15, -0.1) is 0 Å². The number of anilines is 6. The zero-order valence-electron chi connectivity index (χ0n) is 37.1. The molecule has 0 amide bonds. The molecule has 4 heterocycles. The Bertz CT molecular complexity index is 3930. The Hall–Kier alpha value is -8.28. The van der Waals surface area contributed by atoms with Gasteiger partial charge in [0.05, 0.1) is 22.7 Å². The molecule has 67 heavy (non-hydrogen) atoms. The second-order valence-electron chi connectivity index (χ2n) is 18.4. The maximum absolute atomic E-state index is 7.36. The summed E-state index contributed by atoms with van der Waals surface area (Å²) in [5.74, 6) is 0. The maximum atomic E-state index is 7.36. The normalized spacial score (nSPS) is 13.3. The highest BCUT2D eigenvalue weighted by atomic mass is 16.3. The Labute approximate surface area is 386 Å². The molecule has 0 saturated carbocycles. The van der Waals surface area contributed by atoms with Crippen LogP contribution in [0.1, 0.15) is 25.0 Å². The summed E-state index contributed by atoms with van der Waals surface area (Å²) in [6.45, 7) is 4.14. The number of rotatable bonds is 4. The molecule has 13 aromatic rings. The van der Waals surface area contributed by atoms with Crippen LogP contribution in [0.5, 0.6) is 0 Å². The SMILES string of the molecule is CCc1ccc2oc3c(c2c1)N(c1cccc2c4ccccc4c4ccccc4c12)c1cccc2c1B3c1oc3ccc(CC)cc3c1N2c1cccc2c3ccccc3c3ccccc3c12. The van der Waals surface area contributed by atoms with Crippen LogP contribution < -0.4 is 26.6 Å². The third-order valence-corrected chi connectivity index (χ3v) is 15.1. The first kappa shape index (κ1) is 37.0. The van der Waals surface area contributed by atoms with Crippen LogP contribution in [0.3, 0.4) is 0 Å². The molecule has 0 fully saturated rings. The van der Waals surface area contributed by atoms with Gasteiger partial charge in [-0.1, -0.05) is 153 Å². The second-order valence-corrected chi connectivity index (χ2v) is 18.4. The average molecular weight is 857 g/mol. The molecule has 0 unspecified atom stereocenters. The lowest BCUT2D eigenvalue weighted by atomic mass is 9.37. The fourth-order valence-corrected chi connectivity index (χ4v) is 12.2. The third-order valence-electron chi connectivity index (χ3n) is 15.1. The maximum Gasteiger partial charge on any atom is 0.342 e. The van der Waals surface area contributed by atoms with Gasteiger partial charge in [-0.3, -0.25) is 0 Å². The minimum Gasteiger partial charge on any atom is -0.468 e. The summed E-state index contributed by atoms with van der Waals surface area (Å²) in [5.41, 5.74) is 13.9. The summed E-state index contributed by atoms with van der Waals surface area (Å²) < 4.78 is 14.7. The molecule has 0 atom stereocenters. The minimum absolute atomic E-state index is 0.321. The van der Waals surface area contributed by atoms with E-state index in [0.717, 1.165) is 85.7 Å². The number of nitrogens with zero attached hydrogens (tertiary/aromatic N) is 2. The minimum atomic E-state index is -0.321. The van der Waals surface area contributed by atoms with Crippen LogP contribution in [-0.4, -0.2) is 6.71 Å². The third kappa shape index (κ3) is 4.88. The highest BCUT2D eigenvalue weighted by Crippen LogP contribution is 2.53. The average Bonchev–Trinajstić information content (AvgIpc) is 3.96. The number of hydrogen-bond donors (Lipinski definition) is 0. The van der Waals surface area contributed by atoms with Crippen LogP contribution in [0.4, 0.5) is 34.1 Å². The van der Waals surface area contributed by atoms with E-state index in [1.807, 2.05) is 0 Å². The molecule has 4 nitrogen and oxygen atoms in total. The Morgan fingerprint density at radius 3 is 1.06 bits per heavy atom. The molecule has 11 aromatic carbocycles. The van der Waals surface area contributed by atoms with E-state index in [9.17, 15) is 0 Å². The van der Waals surface area contributed by atoms with E-state index in [1.54, 1.807) is 0 Å². The predicted octanol–water partition coefficient (Wildman–Crippen LogP) is 15.3. The van der Waals surface area contributed by atoms with Crippen molar-refractivity contribution in [3.8, 4) is 0 Å². The van der Waals surface area contributed by atoms with E-state index >= 15 is 0 Å². The Morgan fingerprint density at radius 1 is 0.343 bits per heavy atom. The Balaban J connectivity index is 1.11. The molecular weight excluding hydrogens is 816 g/mol. The van der Waals surface area contributed by atoms with Crippen LogP contribution in [0, 0.1) is 0 Å². The van der Waals surface area contributed by atoms with Crippen LogP contribution in [0.2, 0.25) is 0 Å². The topological polar surface area (TPSA) is 32.8 Å². The van der Waals surface area contributed by atoms with E-state index in [-0.39, 0.29) is 6.71 Å². The van der Waals surface area contributed by atoms with E-state index < -0.39 is 0 Å². The fourth-order valence-electron chi connectivity index (χ4n) is 12.2. The molecule has 2 aliphatic rings. The molecule has 2 aliphatic heterocycles. The molecule has 2 aromatic heterocycles. The molecule has 0 radical (unpaired) electrons. The fraction of sp³-hybridized carbons (Fsp3) is 0.0645. The van der Waals surface area contributed by atoms with Crippen molar-refractivity contribution >= 4 is 144 Å². The molecule has 0 bridgehead atoms. The van der Waals surface area contributed by atoms with Gasteiger partial charge in [0.15, 0.2) is 0 Å². The van der Waals surface area contributed by atoms with Gasteiger partial charge in [0.2, 0.25) is 0 Å². The lowest BCUT2D eigenvalue weighted by Crippen LogP contribution is -2.60. The molecule has 314 valence electrons. The molecule has 0 aliphatic carbocycles. The van der Waals surface area contributed by atoms with Crippen molar-refractivity contribution in [3.63, 3.8) is 0 Å². The van der Waals surface area contributed by atoms with Gasteiger partial charge in [-0.05, 0) is 132 Å². The van der Waals surface area contributed by atoms with Crippen molar-refractivity contribution in [1.29, 1.82) is 0 Å². The molecule has 15 rings (SSSR count). The van der Waals surface area contributed by atoms with Crippen LogP contribution in [-0.2, 0) is 12.8 Å². The number of furan rings is 2. The van der Waals surface area contributed by atoms with Gasteiger partial charge >= 0.3 is 6.71 Å². The van der Waals surface area contributed by atoms with Gasteiger partial charge in [-0.2, -0.15) is 0 Å². The first-order valence-corrected chi connectivity index (χ1v) is 23.7. The first-order chi connectivity index (χ1) is 33.2. The van der Waals surface area contributed by atoms with Gasteiger partial charge in [0, 0.05) is 32.9 Å². The second kappa shape index (κ2) is 13.6. The summed E-state index contributed by atoms with van der Waals surface area (Å²) >= 11 is 0. The van der Waals surface area contributed by atoms with Crippen molar-refractivity contribution in [1.82, 2.24) is 0 Å². The monoisotopic (exact) mass is 856 g/mol. The quantitative estimate of drug-likeness (QED) is 0.130. The van der Waals surface area contributed by atoms with E-state index in [0.29, 0.717) is 0 Å². The summed E-state index contributed by atoms with van der Waals surface area (Å²) in [7, 11) is 0. The predicted molar refractivity (Wildman–Crippen MR) is 284 cm³/mol. The zero-order valence-corrected chi connectivity index (χ0v) is 37.1. The Kier molecular flexibility index (Phi) is 7.53. The number of aryl methyl sites for hydroxylation is 2. The van der Waals surface area contributed by atoms with Crippen molar-refractivity contribution in [2.45, 2.75) is 26.7 Å². The van der Waals surface area contributed by atoms with Crippen molar-refractivity contribution in [3.05, 3.63) is 199 Å². The lowest BCUT2D eigenvalue weighted by Gasteiger charge is -2.41. The van der Waals surface area contributed by atoms with Crippen molar-refractivity contribution in [2.75, 3.05) is 9.80 Å². The molecular formula is C62H41BN2O2. The largest absolute Gasteiger partial charge is 0.468 e. The van der Waals surface area contributed by atoms with Crippen LogP contribution in [0.25, 0.3) is 86.6 Å². The molecule has 0 N–H and O–H groups in total. The number of fused-ring (bicyclic) bond motifs is 20. The summed E-state index contributed by atoms with van der Waals surface area (Å²) in [6.07, 6.45) is 1.84. The van der Waals surface area contributed by atoms with Gasteiger partial charge in [0.25, 0.3) is 0 Å². The first-order valence-electron chi connectivity index (χ1n) is 23.7. The Morgan fingerprint density at radius 2 is 0.672 bits per heavy atom. The van der Waals surface area contributed by atoms with Crippen LogP contribution >= 0.6 is 0 Å². The molecule has 0 saturated heterocycles. The standard InChI is InChI=1S/C62H41BN2O2/c1-3-36-30-32-54-48(34-36)59-61(66-54)63-58-52(64(59)50-26-13-24-46-42-18-7-5-16-38(42)40-20-9-11-22-44(40)56(46)50)28-15-29-53(58)65(60-49-35-37(4-2)31-33-55(49)67-62(60)63)51-27-14-25-47-43-19-8-6-17-39(43)41-21-10-12-23-45(41)57(47)51/h5-35H,3-4H2,1-2H3. The van der Waals surface area contributed by atoms with Crippen molar-refractivity contribution in [2.24, 2.45) is 0 Å². The van der Waals surface area contributed by atoms with E-state index in [4.69, 9.17) is 8.83 Å². The zero-order chi connectivity index (χ0) is 44.1. The highest BCUT2D eigenvalue weighted by molar-refractivity contribution is 6.99. The van der Waals surface area contributed by atoms with E-state index in [1.165, 1.54) is 75.8 Å².